The minimum Gasteiger partial charge on any atom is -0.480 e. The molecule has 0 aromatic rings. The van der Waals surface area contributed by atoms with Crippen molar-refractivity contribution in [3.05, 3.63) is 0 Å². The smallest absolute Gasteiger partial charge is 0.326 e. The van der Waals surface area contributed by atoms with Crippen molar-refractivity contribution in [3.63, 3.8) is 0 Å². The number of thioether (sulfide) groups is 1. The molecule has 14 amide bonds. The molecule has 0 spiro atoms. The largest absolute Gasteiger partial charge is 0.480 e. The van der Waals surface area contributed by atoms with E-state index in [-0.39, 0.29) is 120 Å². The highest BCUT2D eigenvalue weighted by atomic mass is 32.2. The number of nitrogens with two attached hydrogens (primary N) is 9. The Labute approximate surface area is 624 Å². The molecule has 0 aromatic carbocycles. The Morgan fingerprint density at radius 2 is 0.523 bits per heavy atom. The fourth-order valence-corrected chi connectivity index (χ4v) is 9.72. The van der Waals surface area contributed by atoms with E-state index in [4.69, 9.17) is 51.6 Å². The van der Waals surface area contributed by atoms with Gasteiger partial charge >= 0.3 is 5.97 Å². The van der Waals surface area contributed by atoms with Crippen LogP contribution in [0.25, 0.3) is 0 Å². The summed E-state index contributed by atoms with van der Waals surface area (Å²) in [6, 6.07) is -20.2. The van der Waals surface area contributed by atoms with E-state index in [2.05, 4.69) is 94.4 Å². The number of carbonyl (C=O) groups excluding carboxylic acids is 14. The van der Waals surface area contributed by atoms with E-state index in [1.165, 1.54) is 67.2 Å². The van der Waals surface area contributed by atoms with Gasteiger partial charge in [0.05, 0.1) is 12.6 Å². The lowest BCUT2D eigenvalue weighted by Gasteiger charge is -2.27. The maximum absolute atomic E-state index is 14.0. The van der Waals surface area contributed by atoms with Crippen LogP contribution in [0.15, 0.2) is 20.0 Å². The Hall–Kier alpha value is -10.6. The van der Waals surface area contributed by atoms with Gasteiger partial charge in [-0.3, -0.25) is 87.1 Å². The highest BCUT2D eigenvalue weighted by molar-refractivity contribution is 7.98. The topological polar surface area (TPSA) is 749 Å². The molecule has 107 heavy (non-hydrogen) atoms. The summed E-state index contributed by atoms with van der Waals surface area (Å²) < 4.78 is 0. The first kappa shape index (κ1) is 96.4. The molecule has 15 atom stereocenters. The third-order valence-corrected chi connectivity index (χ3v) is 16.0. The summed E-state index contributed by atoms with van der Waals surface area (Å²) in [6.07, 6.45) is 2.13. The quantitative estimate of drug-likeness (QED) is 0.0153. The lowest BCUT2D eigenvalue weighted by molar-refractivity contribution is -0.142. The fraction of sp³-hybridized carbons (Fsp3) is 0.694. The standard InChI is InChI=1S/C62H115N27O17S/c1-28(2)26-42(56(103)81-36(10)49(96)85-38(17-13-22-73-60(66)67)54(101)86-39(18-14-23-74-61(68)69)55(102)87-41(58(105)106)19-15-24-75-62(70)71)88-50(97)33(7)77-45(92)30(4)76-47(94)32(6)82-57(104)43(27-90)89-51(98)34(8)78-46(93)31(5)79-52(99)37(16-12-21-72-59(64)65)84-48(95)35(9)80-53(100)40(20-25-107-11)83-44(91)29(3)63/h28-43,90H,12-27,63H2,1-11H3,(H,76,94)(H,77,92)(H,78,93)(H,79,99)(H,80,100)(H,81,103)(H,82,104)(H,83,91)(H,84,95)(H,85,96)(H,86,101)(H,87,102)(H,88,97)(H,89,98)(H,105,106)(H4,64,65,72)(H4,66,67,73)(H4,68,69,74)(H4,70,71,75)/t29-,30-,31-,32-,33-,34-,35-,36-,37-,38-,39-,40-,41-,42-,43-/m0/s1. The van der Waals surface area contributed by atoms with Crippen LogP contribution >= 0.6 is 11.8 Å². The molecular formula is C62H115N27O17S. The average Bonchev–Trinajstić information content (AvgIpc) is 0.868. The number of nitrogens with zero attached hydrogens (tertiary/aromatic N) is 4. The predicted molar refractivity (Wildman–Crippen MR) is 397 cm³/mol. The molecule has 0 aromatic heterocycles. The molecular weight excluding hydrogens is 1430 g/mol. The van der Waals surface area contributed by atoms with Crippen LogP contribution in [0.2, 0.25) is 0 Å². The van der Waals surface area contributed by atoms with E-state index in [0.717, 1.165) is 0 Å². The highest BCUT2D eigenvalue weighted by Gasteiger charge is 2.35. The first-order valence-corrected chi connectivity index (χ1v) is 35.9. The molecule has 0 saturated heterocycles. The number of hydrogen-bond donors (Lipinski definition) is 25. The van der Waals surface area contributed by atoms with Gasteiger partial charge in [-0.05, 0) is 138 Å². The van der Waals surface area contributed by atoms with Gasteiger partial charge in [-0.25, -0.2) is 4.79 Å². The van der Waals surface area contributed by atoms with Crippen LogP contribution in [0.3, 0.4) is 0 Å². The van der Waals surface area contributed by atoms with Crippen LogP contribution in [0, 0.1) is 5.92 Å². The normalized spacial score (nSPS) is 15.1. The van der Waals surface area contributed by atoms with Crippen molar-refractivity contribution in [2.75, 3.05) is 44.8 Å². The highest BCUT2D eigenvalue weighted by Crippen LogP contribution is 2.11. The number of carboxylic acid groups (broad SMARTS) is 1. The zero-order chi connectivity index (χ0) is 82.0. The van der Waals surface area contributed by atoms with E-state index < -0.39 is 186 Å². The minimum absolute atomic E-state index is 0.00311. The van der Waals surface area contributed by atoms with E-state index in [1.54, 1.807) is 20.1 Å². The second kappa shape index (κ2) is 50.8. The third-order valence-electron chi connectivity index (χ3n) is 15.4. The van der Waals surface area contributed by atoms with E-state index in [0.29, 0.717) is 5.75 Å². The van der Waals surface area contributed by atoms with Crippen molar-refractivity contribution in [1.82, 2.24) is 74.4 Å². The van der Waals surface area contributed by atoms with E-state index >= 15 is 0 Å². The summed E-state index contributed by atoms with van der Waals surface area (Å²) in [5.74, 6) is -14.4. The van der Waals surface area contributed by atoms with Gasteiger partial charge in [0.2, 0.25) is 82.7 Å². The Balaban J connectivity index is 6.00. The molecule has 0 saturated carbocycles. The minimum atomic E-state index is -1.71. The van der Waals surface area contributed by atoms with Gasteiger partial charge in [0, 0.05) is 26.2 Å². The molecule has 606 valence electrons. The lowest BCUT2D eigenvalue weighted by atomic mass is 10.0. The number of guanidine groups is 4. The number of carboxylic acids is 1. The van der Waals surface area contributed by atoms with Crippen molar-refractivity contribution in [2.24, 2.45) is 77.5 Å². The van der Waals surface area contributed by atoms with Crippen molar-refractivity contribution in [2.45, 2.75) is 224 Å². The maximum atomic E-state index is 14.0. The molecule has 0 radical (unpaired) electrons. The first-order chi connectivity index (χ1) is 50.0. The van der Waals surface area contributed by atoms with Gasteiger partial charge in [0.15, 0.2) is 23.8 Å². The van der Waals surface area contributed by atoms with Crippen LogP contribution in [-0.4, -0.2) is 258 Å². The summed E-state index contributed by atoms with van der Waals surface area (Å²) in [5.41, 5.74) is 49.1. The fourth-order valence-electron chi connectivity index (χ4n) is 9.24. The zero-order valence-electron chi connectivity index (χ0n) is 62.5. The first-order valence-electron chi connectivity index (χ1n) is 34.5. The van der Waals surface area contributed by atoms with Crippen LogP contribution in [0.5, 0.6) is 0 Å². The second-order valence-corrected chi connectivity index (χ2v) is 26.5. The molecule has 0 aliphatic heterocycles. The Morgan fingerprint density at radius 3 is 0.794 bits per heavy atom. The van der Waals surface area contributed by atoms with E-state index in [9.17, 15) is 82.1 Å². The summed E-state index contributed by atoms with van der Waals surface area (Å²) in [5, 5.41) is 54.3. The summed E-state index contributed by atoms with van der Waals surface area (Å²) in [4.78, 5) is 216. The number of aliphatic carboxylic acids is 1. The Kier molecular flexibility index (Phi) is 45.7. The number of hydrogen-bond acceptors (Lipinski definition) is 22. The molecule has 34 N–H and O–H groups in total. The van der Waals surface area contributed by atoms with Gasteiger partial charge in [0.25, 0.3) is 0 Å². The molecule has 0 aliphatic carbocycles. The number of aliphatic imine (C=N–C) groups is 4. The van der Waals surface area contributed by atoms with Crippen molar-refractivity contribution in [3.8, 4) is 0 Å². The molecule has 0 heterocycles. The van der Waals surface area contributed by atoms with Crippen molar-refractivity contribution in [1.29, 1.82) is 0 Å². The van der Waals surface area contributed by atoms with Crippen LogP contribution in [0.4, 0.5) is 0 Å². The summed E-state index contributed by atoms with van der Waals surface area (Å²) in [6.45, 7) is 12.8. The van der Waals surface area contributed by atoms with Gasteiger partial charge in [-0.2, -0.15) is 11.8 Å². The van der Waals surface area contributed by atoms with Gasteiger partial charge in [0.1, 0.15) is 84.6 Å². The molecule has 44 nitrogen and oxygen atoms in total. The monoisotopic (exact) mass is 1540 g/mol. The molecule has 0 fully saturated rings. The zero-order valence-corrected chi connectivity index (χ0v) is 63.3. The van der Waals surface area contributed by atoms with Gasteiger partial charge in [-0.1, -0.05) is 13.8 Å². The Morgan fingerprint density at radius 1 is 0.308 bits per heavy atom. The molecule has 0 bridgehead atoms. The number of aliphatic hydroxyl groups excluding tert-OH is 1. The molecule has 0 rings (SSSR count). The molecule has 45 heteroatoms. The van der Waals surface area contributed by atoms with Crippen LogP contribution in [-0.2, 0) is 71.9 Å². The second-order valence-electron chi connectivity index (χ2n) is 25.6. The van der Waals surface area contributed by atoms with Crippen molar-refractivity contribution >= 4 is 124 Å². The van der Waals surface area contributed by atoms with Crippen molar-refractivity contribution < 1.29 is 82.1 Å². The van der Waals surface area contributed by atoms with Gasteiger partial charge in [-0.15, -0.1) is 0 Å². The Bertz CT molecular complexity index is 3130. The SMILES string of the molecule is CSCC[C@H](NC(=O)[C@H](C)N)C(=O)N[C@@H](C)C(=O)N[C@@H](CCCN=C(N)N)C(=O)N[C@@H](C)C(=O)N[C@@H](C)C(=O)N[C@@H](CO)C(=O)N[C@@H](C)C(=O)N[C@@H](C)C(=O)N[C@@H](C)C(=O)N[C@@H](CC(C)C)C(=O)N[C@@H](C)C(=O)N[C@@H](CCCN=C(N)N)C(=O)N[C@@H](CCCN=C(N)N)C(=O)N[C@@H](CCCN=C(N)N)C(=O)O. The number of nitrogens with one attached hydrogen (secondary N) is 14. The maximum Gasteiger partial charge on any atom is 0.326 e. The van der Waals surface area contributed by atoms with E-state index in [1.807, 2.05) is 0 Å². The van der Waals surface area contributed by atoms with Crippen LogP contribution < -0.4 is 126 Å². The van der Waals surface area contributed by atoms with Gasteiger partial charge < -0.3 is 136 Å². The lowest BCUT2D eigenvalue weighted by Crippen LogP contribution is -2.60. The molecule has 0 unspecified atom stereocenters. The number of carbonyl (C=O) groups is 15. The number of aliphatic hydroxyl groups is 1. The summed E-state index contributed by atoms with van der Waals surface area (Å²) in [7, 11) is 0. The number of amides is 14. The molecule has 0 aliphatic rings. The van der Waals surface area contributed by atoms with Crippen LogP contribution in [0.1, 0.15) is 133 Å². The number of rotatable bonds is 51. The third kappa shape index (κ3) is 40.5. The summed E-state index contributed by atoms with van der Waals surface area (Å²) >= 11 is 1.42. The predicted octanol–water partition coefficient (Wildman–Crippen LogP) is -10.6. The average molecular weight is 1540 g/mol.